The van der Waals surface area contributed by atoms with Crippen molar-refractivity contribution in [3.8, 4) is 0 Å². The predicted octanol–water partition coefficient (Wildman–Crippen LogP) is 2.30. The second-order valence-electron chi connectivity index (χ2n) is 5.87. The van der Waals surface area contributed by atoms with E-state index in [-0.39, 0.29) is 5.91 Å². The molecule has 0 heterocycles. The molecule has 1 amide bonds. The Bertz CT molecular complexity index is 224. The summed E-state index contributed by atoms with van der Waals surface area (Å²) in [6.45, 7) is 5.81. The fraction of sp³-hybridized carbons (Fsp3) is 0.929. The molecule has 1 rings (SSSR count). The normalized spacial score (nSPS) is 17.2. The van der Waals surface area contributed by atoms with Gasteiger partial charge < -0.3 is 11.1 Å². The van der Waals surface area contributed by atoms with Crippen molar-refractivity contribution in [2.75, 3.05) is 13.1 Å². The van der Waals surface area contributed by atoms with Crippen molar-refractivity contribution in [1.82, 2.24) is 5.32 Å². The molecule has 0 aliphatic heterocycles. The van der Waals surface area contributed by atoms with Crippen molar-refractivity contribution in [2.24, 2.45) is 23.5 Å². The first kappa shape index (κ1) is 14.5. The number of amides is 1. The number of hydrogen-bond acceptors (Lipinski definition) is 2. The molecule has 1 aliphatic rings. The summed E-state index contributed by atoms with van der Waals surface area (Å²) in [5, 5.41) is 3.01. The zero-order chi connectivity index (χ0) is 12.7. The van der Waals surface area contributed by atoms with Gasteiger partial charge in [-0.2, -0.15) is 0 Å². The van der Waals surface area contributed by atoms with Crippen LogP contribution in [-0.4, -0.2) is 19.0 Å². The summed E-state index contributed by atoms with van der Waals surface area (Å²) in [7, 11) is 0. The van der Waals surface area contributed by atoms with Gasteiger partial charge in [-0.3, -0.25) is 4.79 Å². The molecule has 17 heavy (non-hydrogen) atoms. The third-order valence-electron chi connectivity index (χ3n) is 3.42. The Hall–Kier alpha value is -0.570. The van der Waals surface area contributed by atoms with E-state index in [1.165, 1.54) is 19.3 Å². The van der Waals surface area contributed by atoms with Crippen molar-refractivity contribution in [3.63, 3.8) is 0 Å². The maximum Gasteiger partial charge on any atom is 0.220 e. The minimum Gasteiger partial charge on any atom is -0.356 e. The molecule has 1 atom stereocenters. The second kappa shape index (κ2) is 7.70. The zero-order valence-electron chi connectivity index (χ0n) is 11.4. The highest BCUT2D eigenvalue weighted by Crippen LogP contribution is 2.33. The molecule has 3 heteroatoms. The van der Waals surface area contributed by atoms with Gasteiger partial charge in [-0.05, 0) is 43.6 Å². The van der Waals surface area contributed by atoms with Gasteiger partial charge in [-0.25, -0.2) is 0 Å². The largest absolute Gasteiger partial charge is 0.356 e. The summed E-state index contributed by atoms with van der Waals surface area (Å²) in [4.78, 5) is 11.7. The molecule has 0 saturated heterocycles. The van der Waals surface area contributed by atoms with Crippen LogP contribution in [0.15, 0.2) is 0 Å². The lowest BCUT2D eigenvalue weighted by Crippen LogP contribution is -2.29. The number of nitrogens with two attached hydrogens (primary N) is 1. The minimum absolute atomic E-state index is 0.178. The van der Waals surface area contributed by atoms with Crippen LogP contribution in [-0.2, 0) is 4.79 Å². The molecule has 1 unspecified atom stereocenters. The smallest absolute Gasteiger partial charge is 0.220 e. The lowest BCUT2D eigenvalue weighted by Gasteiger charge is -2.16. The molecule has 100 valence electrons. The van der Waals surface area contributed by atoms with Crippen molar-refractivity contribution in [2.45, 2.75) is 52.4 Å². The van der Waals surface area contributed by atoms with Gasteiger partial charge in [-0.1, -0.05) is 26.7 Å². The average molecular weight is 240 g/mol. The fourth-order valence-corrected chi connectivity index (χ4v) is 2.29. The van der Waals surface area contributed by atoms with Crippen LogP contribution in [0.1, 0.15) is 52.4 Å². The van der Waals surface area contributed by atoms with Crippen LogP contribution >= 0.6 is 0 Å². The molecular formula is C14H28N2O. The van der Waals surface area contributed by atoms with Crippen molar-refractivity contribution < 1.29 is 4.79 Å². The van der Waals surface area contributed by atoms with Gasteiger partial charge in [-0.15, -0.1) is 0 Å². The van der Waals surface area contributed by atoms with Crippen LogP contribution in [0.4, 0.5) is 0 Å². The maximum absolute atomic E-state index is 11.7. The SMILES string of the molecule is CC(C)CC(CN)CC(=O)NCCCC1CC1. The van der Waals surface area contributed by atoms with Gasteiger partial charge in [0.15, 0.2) is 0 Å². The number of rotatable bonds is 9. The highest BCUT2D eigenvalue weighted by molar-refractivity contribution is 5.76. The molecule has 0 bridgehead atoms. The Kier molecular flexibility index (Phi) is 6.56. The standard InChI is InChI=1S/C14H28N2O/c1-11(2)8-13(10-15)9-14(17)16-7-3-4-12-5-6-12/h11-13H,3-10,15H2,1-2H3,(H,16,17). The summed E-state index contributed by atoms with van der Waals surface area (Å²) >= 11 is 0. The molecule has 3 nitrogen and oxygen atoms in total. The Morgan fingerprint density at radius 3 is 2.65 bits per heavy atom. The van der Waals surface area contributed by atoms with Gasteiger partial charge in [0.05, 0.1) is 0 Å². The summed E-state index contributed by atoms with van der Waals surface area (Å²) in [6, 6.07) is 0. The quantitative estimate of drug-likeness (QED) is 0.608. The first-order chi connectivity index (χ1) is 8.11. The molecule has 0 aromatic carbocycles. The topological polar surface area (TPSA) is 55.1 Å². The van der Waals surface area contributed by atoms with E-state index < -0.39 is 0 Å². The monoisotopic (exact) mass is 240 g/mol. The first-order valence-corrected chi connectivity index (χ1v) is 7.08. The molecule has 0 aromatic heterocycles. The summed E-state index contributed by atoms with van der Waals surface area (Å²) in [6.07, 6.45) is 6.86. The van der Waals surface area contributed by atoms with E-state index in [4.69, 9.17) is 5.73 Å². The van der Waals surface area contributed by atoms with Gasteiger partial charge in [0.2, 0.25) is 5.91 Å². The van der Waals surface area contributed by atoms with Crippen LogP contribution < -0.4 is 11.1 Å². The van der Waals surface area contributed by atoms with Crippen molar-refractivity contribution >= 4 is 5.91 Å². The molecular weight excluding hydrogens is 212 g/mol. The number of hydrogen-bond donors (Lipinski definition) is 2. The van der Waals surface area contributed by atoms with Crippen LogP contribution in [0.3, 0.4) is 0 Å². The van der Waals surface area contributed by atoms with Crippen LogP contribution in [0, 0.1) is 17.8 Å². The Morgan fingerprint density at radius 1 is 1.41 bits per heavy atom. The molecule has 0 aromatic rings. The van der Waals surface area contributed by atoms with E-state index >= 15 is 0 Å². The van der Waals surface area contributed by atoms with Crippen LogP contribution in [0.25, 0.3) is 0 Å². The van der Waals surface area contributed by atoms with E-state index in [1.807, 2.05) is 0 Å². The third kappa shape index (κ3) is 7.37. The maximum atomic E-state index is 11.7. The van der Waals surface area contributed by atoms with Crippen LogP contribution in [0.5, 0.6) is 0 Å². The Morgan fingerprint density at radius 2 is 2.12 bits per heavy atom. The van der Waals surface area contributed by atoms with Gasteiger partial charge >= 0.3 is 0 Å². The predicted molar refractivity (Wildman–Crippen MR) is 71.6 cm³/mol. The van der Waals surface area contributed by atoms with E-state index in [1.54, 1.807) is 0 Å². The lowest BCUT2D eigenvalue weighted by atomic mass is 9.94. The highest BCUT2D eigenvalue weighted by Gasteiger charge is 2.20. The Balaban J connectivity index is 2.04. The lowest BCUT2D eigenvalue weighted by molar-refractivity contribution is -0.122. The van der Waals surface area contributed by atoms with Crippen molar-refractivity contribution in [3.05, 3.63) is 0 Å². The number of nitrogens with one attached hydrogen (secondary N) is 1. The van der Waals surface area contributed by atoms with E-state index in [2.05, 4.69) is 19.2 Å². The number of carbonyl (C=O) groups is 1. The fourth-order valence-electron chi connectivity index (χ4n) is 2.29. The molecule has 1 aliphatic carbocycles. The summed E-state index contributed by atoms with van der Waals surface area (Å²) < 4.78 is 0. The van der Waals surface area contributed by atoms with E-state index in [0.717, 1.165) is 25.3 Å². The molecule has 0 spiro atoms. The van der Waals surface area contributed by atoms with Gasteiger partial charge in [0.1, 0.15) is 0 Å². The van der Waals surface area contributed by atoms with Gasteiger partial charge in [0, 0.05) is 13.0 Å². The summed E-state index contributed by atoms with van der Waals surface area (Å²) in [5.74, 6) is 2.10. The first-order valence-electron chi connectivity index (χ1n) is 7.08. The number of carbonyl (C=O) groups excluding carboxylic acids is 1. The molecule has 3 N–H and O–H groups in total. The van der Waals surface area contributed by atoms with E-state index in [9.17, 15) is 4.79 Å². The van der Waals surface area contributed by atoms with Gasteiger partial charge in [0.25, 0.3) is 0 Å². The third-order valence-corrected chi connectivity index (χ3v) is 3.42. The van der Waals surface area contributed by atoms with Crippen LogP contribution in [0.2, 0.25) is 0 Å². The average Bonchev–Trinajstić information content (AvgIpc) is 3.06. The summed E-state index contributed by atoms with van der Waals surface area (Å²) in [5.41, 5.74) is 5.69. The van der Waals surface area contributed by atoms with E-state index in [0.29, 0.717) is 24.8 Å². The Labute approximate surface area is 106 Å². The second-order valence-corrected chi connectivity index (χ2v) is 5.87. The van der Waals surface area contributed by atoms with Crippen molar-refractivity contribution in [1.29, 1.82) is 0 Å². The molecule has 1 saturated carbocycles. The molecule has 1 fully saturated rings. The molecule has 0 radical (unpaired) electrons. The minimum atomic E-state index is 0.178. The zero-order valence-corrected chi connectivity index (χ0v) is 11.4. The highest BCUT2D eigenvalue weighted by atomic mass is 16.1.